The zero-order chi connectivity index (χ0) is 14.8. The van der Waals surface area contributed by atoms with E-state index in [1.54, 1.807) is 6.20 Å². The molecule has 0 fully saturated rings. The number of rotatable bonds is 3. The van der Waals surface area contributed by atoms with E-state index in [9.17, 15) is 0 Å². The first-order chi connectivity index (χ1) is 10.1. The van der Waals surface area contributed by atoms with Gasteiger partial charge in [0.25, 0.3) is 0 Å². The van der Waals surface area contributed by atoms with Crippen molar-refractivity contribution in [3.63, 3.8) is 0 Å². The monoisotopic (exact) mass is 341 g/mol. The Bertz CT molecular complexity index is 833. The molecule has 104 valence electrons. The van der Waals surface area contributed by atoms with Gasteiger partial charge in [0.1, 0.15) is 17.3 Å². The average molecular weight is 342 g/mol. The summed E-state index contributed by atoms with van der Waals surface area (Å²) in [6.07, 6.45) is 1.57. The summed E-state index contributed by atoms with van der Waals surface area (Å²) in [5.74, 6) is 1.15. The Balaban J connectivity index is 2.18. The summed E-state index contributed by atoms with van der Waals surface area (Å²) in [5, 5.41) is 8.53. The van der Waals surface area contributed by atoms with Crippen molar-refractivity contribution in [1.29, 1.82) is 5.41 Å². The second kappa shape index (κ2) is 5.54. The van der Waals surface area contributed by atoms with Gasteiger partial charge in [-0.25, -0.2) is 0 Å². The molecule has 0 aliphatic rings. The van der Waals surface area contributed by atoms with Crippen LogP contribution in [0.15, 0.2) is 59.2 Å². The van der Waals surface area contributed by atoms with Crippen molar-refractivity contribution < 1.29 is 4.74 Å². The average Bonchev–Trinajstić information content (AvgIpc) is 2.47. The maximum absolute atomic E-state index is 7.71. The van der Waals surface area contributed by atoms with Crippen LogP contribution in [0.25, 0.3) is 10.9 Å². The molecule has 1 heterocycles. The van der Waals surface area contributed by atoms with E-state index >= 15 is 0 Å². The fourth-order valence-electron chi connectivity index (χ4n) is 2.07. The predicted octanol–water partition coefficient (Wildman–Crippen LogP) is 4.07. The number of nitrogens with zero attached hydrogens (tertiary/aromatic N) is 1. The SMILES string of the molecule is N=C(N)c1cnc2ccccc2c1Oc1cccc(Br)c1. The molecule has 2 aromatic carbocycles. The van der Waals surface area contributed by atoms with Crippen LogP contribution in [0.4, 0.5) is 0 Å². The molecule has 0 atom stereocenters. The van der Waals surface area contributed by atoms with Crippen molar-refractivity contribution in [2.45, 2.75) is 0 Å². The van der Waals surface area contributed by atoms with Gasteiger partial charge in [-0.15, -0.1) is 0 Å². The predicted molar refractivity (Wildman–Crippen MR) is 87.0 cm³/mol. The number of ether oxygens (including phenoxy) is 1. The fourth-order valence-corrected chi connectivity index (χ4v) is 2.44. The van der Waals surface area contributed by atoms with Crippen molar-refractivity contribution in [2.24, 2.45) is 5.73 Å². The first kappa shape index (κ1) is 13.6. The highest BCUT2D eigenvalue weighted by Crippen LogP contribution is 2.33. The topological polar surface area (TPSA) is 72.0 Å². The first-order valence-electron chi connectivity index (χ1n) is 6.31. The normalized spacial score (nSPS) is 10.5. The Morgan fingerprint density at radius 1 is 1.14 bits per heavy atom. The van der Waals surface area contributed by atoms with E-state index in [4.69, 9.17) is 15.9 Å². The van der Waals surface area contributed by atoms with Gasteiger partial charge in [-0.1, -0.05) is 34.1 Å². The maximum Gasteiger partial charge on any atom is 0.149 e. The van der Waals surface area contributed by atoms with E-state index in [1.165, 1.54) is 0 Å². The minimum atomic E-state index is -0.0711. The molecule has 5 heteroatoms. The number of nitrogens with one attached hydrogen (secondary N) is 1. The number of fused-ring (bicyclic) bond motifs is 1. The molecule has 3 aromatic rings. The van der Waals surface area contributed by atoms with Crippen molar-refractivity contribution >= 4 is 32.7 Å². The van der Waals surface area contributed by atoms with E-state index in [0.717, 1.165) is 15.4 Å². The van der Waals surface area contributed by atoms with Crippen LogP contribution in [-0.2, 0) is 0 Å². The van der Waals surface area contributed by atoms with Gasteiger partial charge < -0.3 is 10.5 Å². The Morgan fingerprint density at radius 3 is 2.71 bits per heavy atom. The van der Waals surface area contributed by atoms with Gasteiger partial charge in [0.15, 0.2) is 0 Å². The van der Waals surface area contributed by atoms with Crippen molar-refractivity contribution in [2.75, 3.05) is 0 Å². The van der Waals surface area contributed by atoms with E-state index in [0.29, 0.717) is 17.1 Å². The summed E-state index contributed by atoms with van der Waals surface area (Å²) in [6.45, 7) is 0. The number of para-hydroxylation sites is 1. The van der Waals surface area contributed by atoms with E-state index in [1.807, 2.05) is 48.5 Å². The summed E-state index contributed by atoms with van der Waals surface area (Å²) >= 11 is 3.41. The molecule has 3 N–H and O–H groups in total. The minimum absolute atomic E-state index is 0.0711. The second-order valence-corrected chi connectivity index (χ2v) is 5.41. The van der Waals surface area contributed by atoms with Crippen molar-refractivity contribution in [3.8, 4) is 11.5 Å². The number of nitrogens with two attached hydrogens (primary N) is 1. The zero-order valence-electron chi connectivity index (χ0n) is 11.0. The van der Waals surface area contributed by atoms with Crippen molar-refractivity contribution in [1.82, 2.24) is 4.98 Å². The Morgan fingerprint density at radius 2 is 1.95 bits per heavy atom. The molecule has 0 amide bonds. The number of aromatic nitrogens is 1. The lowest BCUT2D eigenvalue weighted by molar-refractivity contribution is 0.486. The Hall–Kier alpha value is -2.40. The highest BCUT2D eigenvalue weighted by Gasteiger charge is 2.13. The third-order valence-corrected chi connectivity index (χ3v) is 3.53. The van der Waals surface area contributed by atoms with Crippen LogP contribution >= 0.6 is 15.9 Å². The van der Waals surface area contributed by atoms with E-state index in [2.05, 4.69) is 20.9 Å². The largest absolute Gasteiger partial charge is 0.456 e. The lowest BCUT2D eigenvalue weighted by Gasteiger charge is -2.13. The summed E-state index contributed by atoms with van der Waals surface area (Å²) in [6, 6.07) is 15.1. The summed E-state index contributed by atoms with van der Waals surface area (Å²) in [7, 11) is 0. The minimum Gasteiger partial charge on any atom is -0.456 e. The van der Waals surface area contributed by atoms with Crippen LogP contribution in [0.3, 0.4) is 0 Å². The number of nitrogen functional groups attached to an aromatic ring is 1. The Kier molecular flexibility index (Phi) is 3.58. The molecule has 0 aliphatic carbocycles. The van der Waals surface area contributed by atoms with Crippen LogP contribution in [0.5, 0.6) is 11.5 Å². The lowest BCUT2D eigenvalue weighted by atomic mass is 10.1. The fraction of sp³-hybridized carbons (Fsp3) is 0. The molecular formula is C16H12BrN3O. The summed E-state index contributed by atoms with van der Waals surface area (Å²) < 4.78 is 6.89. The van der Waals surface area contributed by atoms with Crippen LogP contribution in [0.1, 0.15) is 5.56 Å². The number of pyridine rings is 1. The van der Waals surface area contributed by atoms with Gasteiger partial charge in [0.05, 0.1) is 11.1 Å². The Labute approximate surface area is 130 Å². The lowest BCUT2D eigenvalue weighted by Crippen LogP contribution is -2.13. The summed E-state index contributed by atoms with van der Waals surface area (Å²) in [4.78, 5) is 4.31. The number of hydrogen-bond donors (Lipinski definition) is 2. The number of halogens is 1. The highest BCUT2D eigenvalue weighted by atomic mass is 79.9. The van der Waals surface area contributed by atoms with Gasteiger partial charge in [-0.2, -0.15) is 0 Å². The first-order valence-corrected chi connectivity index (χ1v) is 7.10. The molecule has 0 saturated carbocycles. The van der Waals surface area contributed by atoms with Gasteiger partial charge in [0.2, 0.25) is 0 Å². The molecule has 21 heavy (non-hydrogen) atoms. The van der Waals surface area contributed by atoms with E-state index in [-0.39, 0.29) is 5.84 Å². The molecule has 3 rings (SSSR count). The van der Waals surface area contributed by atoms with Gasteiger partial charge in [0, 0.05) is 16.1 Å². The number of hydrogen-bond acceptors (Lipinski definition) is 3. The smallest absolute Gasteiger partial charge is 0.149 e. The maximum atomic E-state index is 7.71. The van der Waals surface area contributed by atoms with Crippen LogP contribution in [0, 0.1) is 5.41 Å². The number of benzene rings is 2. The second-order valence-electron chi connectivity index (χ2n) is 4.49. The van der Waals surface area contributed by atoms with Gasteiger partial charge in [-0.3, -0.25) is 10.4 Å². The van der Waals surface area contributed by atoms with Crippen molar-refractivity contribution in [3.05, 3.63) is 64.8 Å². The molecular weight excluding hydrogens is 330 g/mol. The molecule has 1 aromatic heterocycles. The third kappa shape index (κ3) is 2.73. The molecule has 0 saturated heterocycles. The van der Waals surface area contributed by atoms with Crippen LogP contribution in [0.2, 0.25) is 0 Å². The summed E-state index contributed by atoms with van der Waals surface area (Å²) in [5.41, 5.74) is 6.92. The van der Waals surface area contributed by atoms with Gasteiger partial charge in [-0.05, 0) is 30.3 Å². The molecule has 0 spiro atoms. The number of amidine groups is 1. The van der Waals surface area contributed by atoms with Crippen LogP contribution < -0.4 is 10.5 Å². The zero-order valence-corrected chi connectivity index (χ0v) is 12.6. The van der Waals surface area contributed by atoms with Crippen LogP contribution in [-0.4, -0.2) is 10.8 Å². The highest BCUT2D eigenvalue weighted by molar-refractivity contribution is 9.10. The molecule has 0 unspecified atom stereocenters. The molecule has 0 aliphatic heterocycles. The van der Waals surface area contributed by atoms with E-state index < -0.39 is 0 Å². The molecule has 0 bridgehead atoms. The molecule has 0 radical (unpaired) electrons. The standard InChI is InChI=1S/C16H12BrN3O/c17-10-4-3-5-11(8-10)21-15-12-6-1-2-7-14(12)20-9-13(15)16(18)19/h1-9H,(H3,18,19). The quantitative estimate of drug-likeness (QED) is 0.557. The third-order valence-electron chi connectivity index (χ3n) is 3.03. The molecule has 4 nitrogen and oxygen atoms in total. The van der Waals surface area contributed by atoms with Gasteiger partial charge >= 0.3 is 0 Å².